The lowest BCUT2D eigenvalue weighted by Gasteiger charge is -2.48. The molecule has 0 saturated carbocycles. The Bertz CT molecular complexity index is 1030. The van der Waals surface area contributed by atoms with Crippen LogP contribution in [0.4, 0.5) is 0 Å². The van der Waals surface area contributed by atoms with Crippen LogP contribution in [0.5, 0.6) is 0 Å². The van der Waals surface area contributed by atoms with Crippen molar-refractivity contribution in [3.63, 3.8) is 0 Å². The summed E-state index contributed by atoms with van der Waals surface area (Å²) >= 11 is 0. The van der Waals surface area contributed by atoms with Crippen LogP contribution >= 0.6 is 0 Å². The first-order valence-electron chi connectivity index (χ1n) is 15.6. The lowest BCUT2D eigenvalue weighted by Crippen LogP contribution is -2.58. The van der Waals surface area contributed by atoms with Crippen LogP contribution in [0.25, 0.3) is 0 Å². The quantitative estimate of drug-likeness (QED) is 0.309. The van der Waals surface area contributed by atoms with Gasteiger partial charge in [-0.1, -0.05) is 77.0 Å². The fourth-order valence-electron chi connectivity index (χ4n) is 6.31. The van der Waals surface area contributed by atoms with Gasteiger partial charge in [-0.2, -0.15) is 0 Å². The van der Waals surface area contributed by atoms with E-state index in [1.165, 1.54) is 14.2 Å². The average Bonchev–Trinajstić information content (AvgIpc) is 2.96. The Morgan fingerprint density at radius 2 is 1.79 bits per heavy atom. The molecule has 2 heterocycles. The Kier molecular flexibility index (Phi) is 14.1. The molecule has 0 amide bonds. The number of aliphatic hydroxyl groups is 4. The molecular formula is C34H56O9. The van der Waals surface area contributed by atoms with Gasteiger partial charge in [-0.15, -0.1) is 0 Å². The first kappa shape index (κ1) is 37.2. The van der Waals surface area contributed by atoms with Crippen LogP contribution < -0.4 is 0 Å². The lowest BCUT2D eigenvalue weighted by atomic mass is 9.77. The highest BCUT2D eigenvalue weighted by Gasteiger charge is 2.50. The van der Waals surface area contributed by atoms with Crippen LogP contribution in [-0.4, -0.2) is 83.0 Å². The molecule has 2 aliphatic heterocycles. The number of cyclic esters (lactones) is 1. The van der Waals surface area contributed by atoms with Crippen molar-refractivity contribution in [3.05, 3.63) is 47.3 Å². The summed E-state index contributed by atoms with van der Waals surface area (Å²) in [6.07, 6.45) is 5.52. The lowest BCUT2D eigenvalue weighted by molar-refractivity contribution is -0.322. The van der Waals surface area contributed by atoms with Crippen LogP contribution in [0.1, 0.15) is 74.7 Å². The Balaban J connectivity index is 2.51. The summed E-state index contributed by atoms with van der Waals surface area (Å²) < 4.78 is 23.2. The molecule has 2 aliphatic rings. The number of rotatable bonds is 7. The van der Waals surface area contributed by atoms with Gasteiger partial charge in [0.2, 0.25) is 5.76 Å². The van der Waals surface area contributed by atoms with E-state index in [9.17, 15) is 25.2 Å². The van der Waals surface area contributed by atoms with E-state index in [0.29, 0.717) is 12.8 Å². The number of hydrogen-bond acceptors (Lipinski definition) is 9. The molecule has 0 radical (unpaired) electrons. The van der Waals surface area contributed by atoms with E-state index >= 15 is 0 Å². The molecule has 12 atom stereocenters. The molecule has 0 aromatic heterocycles. The molecule has 2 rings (SSSR count). The number of allylic oxidation sites excluding steroid dienone is 5. The second-order valence-corrected chi connectivity index (χ2v) is 12.8. The van der Waals surface area contributed by atoms with Crippen LogP contribution in [0.15, 0.2) is 47.3 Å². The zero-order valence-corrected chi connectivity index (χ0v) is 27.7. The van der Waals surface area contributed by atoms with Crippen LogP contribution in [-0.2, 0) is 23.7 Å². The first-order chi connectivity index (χ1) is 20.1. The van der Waals surface area contributed by atoms with E-state index in [4.69, 9.17) is 18.9 Å². The third kappa shape index (κ3) is 9.49. The second kappa shape index (κ2) is 16.3. The maximum Gasteiger partial charge on any atom is 0.373 e. The molecule has 0 spiro atoms. The Labute approximate surface area is 258 Å². The van der Waals surface area contributed by atoms with E-state index < -0.39 is 54.1 Å². The Morgan fingerprint density at radius 1 is 1.14 bits per heavy atom. The summed E-state index contributed by atoms with van der Waals surface area (Å²) in [5.74, 6) is -4.46. The first-order valence-corrected chi connectivity index (χ1v) is 15.6. The number of carbonyl (C=O) groups excluding carboxylic acids is 1. The molecule has 246 valence electrons. The summed E-state index contributed by atoms with van der Waals surface area (Å²) in [7, 11) is 2.87. The number of methoxy groups -OCH3 is 2. The number of esters is 1. The highest BCUT2D eigenvalue weighted by atomic mass is 16.6. The van der Waals surface area contributed by atoms with E-state index in [-0.39, 0.29) is 36.0 Å². The summed E-state index contributed by atoms with van der Waals surface area (Å²) in [5.41, 5.74) is 1.78. The molecule has 0 aromatic carbocycles. The van der Waals surface area contributed by atoms with Gasteiger partial charge < -0.3 is 39.4 Å². The summed E-state index contributed by atoms with van der Waals surface area (Å²) in [5, 5.41) is 44.7. The van der Waals surface area contributed by atoms with E-state index in [0.717, 1.165) is 11.1 Å². The topological polar surface area (TPSA) is 135 Å². The molecule has 1 fully saturated rings. The van der Waals surface area contributed by atoms with Crippen molar-refractivity contribution in [2.45, 2.75) is 117 Å². The predicted octanol–water partition coefficient (Wildman–Crippen LogP) is 4.45. The minimum absolute atomic E-state index is 0.00306. The SMILES string of the molecule is CC[C@@H]1O[C@](O)([C@H](C)[C@@H](O)[C@@H](C)[C@@H]2OC(=O)/C(OC)=C/C(C)=C/[C@H](C)[C@H](O)[C@@H](C)C/C(C)=C/C=C/[C@@H]2OC)C[C@H](O)[C@H]1C. The van der Waals surface area contributed by atoms with Crippen LogP contribution in [0.3, 0.4) is 0 Å². The molecule has 0 bridgehead atoms. The van der Waals surface area contributed by atoms with Crippen molar-refractivity contribution < 1.29 is 44.2 Å². The third-order valence-corrected chi connectivity index (χ3v) is 9.33. The molecular weight excluding hydrogens is 552 g/mol. The minimum Gasteiger partial charge on any atom is -0.490 e. The predicted molar refractivity (Wildman–Crippen MR) is 166 cm³/mol. The van der Waals surface area contributed by atoms with Crippen LogP contribution in [0, 0.1) is 29.6 Å². The zero-order valence-electron chi connectivity index (χ0n) is 27.7. The molecule has 43 heavy (non-hydrogen) atoms. The smallest absolute Gasteiger partial charge is 0.373 e. The molecule has 1 saturated heterocycles. The highest BCUT2D eigenvalue weighted by molar-refractivity contribution is 5.87. The minimum atomic E-state index is -1.78. The van der Waals surface area contributed by atoms with Crippen molar-refractivity contribution in [2.24, 2.45) is 29.6 Å². The fraction of sp³-hybridized carbons (Fsp3) is 0.735. The molecule has 0 unspecified atom stereocenters. The Morgan fingerprint density at radius 3 is 2.37 bits per heavy atom. The van der Waals surface area contributed by atoms with Crippen molar-refractivity contribution in [2.75, 3.05) is 14.2 Å². The van der Waals surface area contributed by atoms with Crippen molar-refractivity contribution >= 4 is 5.97 Å². The van der Waals surface area contributed by atoms with Gasteiger partial charge in [0.1, 0.15) is 12.2 Å². The molecule has 9 heteroatoms. The maximum absolute atomic E-state index is 13.5. The fourth-order valence-corrected chi connectivity index (χ4v) is 6.31. The monoisotopic (exact) mass is 608 g/mol. The number of aliphatic hydroxyl groups excluding tert-OH is 3. The molecule has 0 aliphatic carbocycles. The Hall–Kier alpha value is -2.01. The molecule has 4 N–H and O–H groups in total. The van der Waals surface area contributed by atoms with Gasteiger partial charge in [0.15, 0.2) is 5.79 Å². The highest BCUT2D eigenvalue weighted by Crippen LogP contribution is 2.40. The van der Waals surface area contributed by atoms with Gasteiger partial charge in [-0.3, -0.25) is 0 Å². The molecule has 0 aromatic rings. The van der Waals surface area contributed by atoms with Crippen molar-refractivity contribution in [1.29, 1.82) is 0 Å². The van der Waals surface area contributed by atoms with Gasteiger partial charge in [0.25, 0.3) is 0 Å². The normalized spacial score (nSPS) is 41.7. The standard InChI is InChI=1S/C34H56O9/c1-11-27-23(6)26(35)18-34(39,43-27)25(8)31(37)24(7)32-28(40-9)14-12-13-19(2)15-21(4)30(36)22(5)16-20(3)17-29(41-10)33(38)42-32/h12-14,16-17,21-28,30-32,35-37,39H,11,15,18H2,1-10H3/b14-12+,19-13+,20-16+,29-17-/t21-,22-,23+,24+,25+,26-,27-,28-,30+,31-,32-,34-/m0/s1. The van der Waals surface area contributed by atoms with E-state index in [1.807, 2.05) is 59.8 Å². The third-order valence-electron chi connectivity index (χ3n) is 9.33. The van der Waals surface area contributed by atoms with Gasteiger partial charge in [-0.05, 0) is 38.7 Å². The number of hydrogen-bond donors (Lipinski definition) is 4. The van der Waals surface area contributed by atoms with Gasteiger partial charge in [-0.25, -0.2) is 4.79 Å². The van der Waals surface area contributed by atoms with E-state index in [1.54, 1.807) is 26.0 Å². The average molecular weight is 609 g/mol. The summed E-state index contributed by atoms with van der Waals surface area (Å²) in [4.78, 5) is 13.5. The number of carbonyl (C=O) groups is 1. The van der Waals surface area contributed by atoms with Gasteiger partial charge in [0.05, 0.1) is 31.5 Å². The van der Waals surface area contributed by atoms with E-state index in [2.05, 4.69) is 0 Å². The van der Waals surface area contributed by atoms with Crippen LogP contribution in [0.2, 0.25) is 0 Å². The van der Waals surface area contributed by atoms with Crippen molar-refractivity contribution in [3.8, 4) is 0 Å². The van der Waals surface area contributed by atoms with Gasteiger partial charge >= 0.3 is 5.97 Å². The zero-order chi connectivity index (χ0) is 32.6. The summed E-state index contributed by atoms with van der Waals surface area (Å²) in [6.45, 7) is 15.0. The number of ether oxygens (including phenoxy) is 4. The van der Waals surface area contributed by atoms with Crippen molar-refractivity contribution in [1.82, 2.24) is 0 Å². The largest absolute Gasteiger partial charge is 0.490 e. The second-order valence-electron chi connectivity index (χ2n) is 12.8. The maximum atomic E-state index is 13.5. The summed E-state index contributed by atoms with van der Waals surface area (Å²) in [6, 6.07) is 0. The molecule has 9 nitrogen and oxygen atoms in total. The van der Waals surface area contributed by atoms with Gasteiger partial charge in [0, 0.05) is 37.2 Å².